The minimum absolute atomic E-state index is 0.304. The second kappa shape index (κ2) is 3.95. The van der Waals surface area contributed by atoms with Gasteiger partial charge in [-0.3, -0.25) is 0 Å². The first kappa shape index (κ1) is 10.1. The lowest BCUT2D eigenvalue weighted by molar-refractivity contribution is 0.405. The van der Waals surface area contributed by atoms with Gasteiger partial charge >= 0.3 is 0 Å². The zero-order chi connectivity index (χ0) is 10.8. The van der Waals surface area contributed by atoms with Crippen molar-refractivity contribution in [3.05, 3.63) is 29.8 Å². The molecule has 0 radical (unpaired) electrons. The van der Waals surface area contributed by atoms with Crippen molar-refractivity contribution in [2.75, 3.05) is 20.6 Å². The molecule has 80 valence electrons. The highest BCUT2D eigenvalue weighted by Gasteiger charge is 2.09. The number of aromatic nitrogens is 1. The summed E-state index contributed by atoms with van der Waals surface area (Å²) in [6.45, 7) is 0.940. The summed E-state index contributed by atoms with van der Waals surface area (Å²) in [7, 11) is 4.07. The van der Waals surface area contributed by atoms with Gasteiger partial charge in [-0.15, -0.1) is 0 Å². The van der Waals surface area contributed by atoms with Crippen molar-refractivity contribution >= 4 is 10.9 Å². The smallest absolute Gasteiger partial charge is 0.192 e. The van der Waals surface area contributed by atoms with Crippen LogP contribution < -0.4 is 0 Å². The Kier molecular flexibility index (Phi) is 2.64. The molecular weight excluding hydrogens is 188 g/mol. The summed E-state index contributed by atoms with van der Waals surface area (Å²) < 4.78 is 0. The molecule has 0 saturated heterocycles. The molecule has 15 heavy (non-hydrogen) atoms. The Balaban J connectivity index is 2.36. The average Bonchev–Trinajstić information content (AvgIpc) is 2.50. The predicted octanol–water partition coefficient (Wildman–Crippen LogP) is 1.98. The number of hydrogen-bond acceptors (Lipinski definition) is 2. The first-order valence-corrected chi connectivity index (χ1v) is 5.12. The zero-order valence-electron chi connectivity index (χ0n) is 9.12. The van der Waals surface area contributed by atoms with E-state index in [0.29, 0.717) is 5.88 Å². The van der Waals surface area contributed by atoms with Crippen molar-refractivity contribution in [3.63, 3.8) is 0 Å². The Bertz CT molecular complexity index is 460. The topological polar surface area (TPSA) is 39.3 Å². The number of nitrogens with one attached hydrogen (secondary N) is 1. The van der Waals surface area contributed by atoms with Crippen LogP contribution in [-0.2, 0) is 6.42 Å². The highest BCUT2D eigenvalue weighted by molar-refractivity contribution is 5.85. The number of aromatic hydroxyl groups is 1. The fourth-order valence-corrected chi connectivity index (χ4v) is 1.77. The molecule has 1 aromatic carbocycles. The lowest BCUT2D eigenvalue weighted by Crippen LogP contribution is -2.14. The van der Waals surface area contributed by atoms with Crippen molar-refractivity contribution in [2.24, 2.45) is 0 Å². The number of aromatic amines is 1. The summed E-state index contributed by atoms with van der Waals surface area (Å²) in [4.78, 5) is 5.10. The van der Waals surface area contributed by atoms with Crippen LogP contribution in [0, 0.1) is 0 Å². The normalized spacial score (nSPS) is 11.4. The molecule has 0 fully saturated rings. The van der Waals surface area contributed by atoms with Crippen molar-refractivity contribution in [3.8, 4) is 5.88 Å². The van der Waals surface area contributed by atoms with Gasteiger partial charge in [0.25, 0.3) is 0 Å². The van der Waals surface area contributed by atoms with Gasteiger partial charge in [-0.25, -0.2) is 0 Å². The average molecular weight is 204 g/mol. The third kappa shape index (κ3) is 1.97. The second-order valence-corrected chi connectivity index (χ2v) is 4.05. The summed E-state index contributed by atoms with van der Waals surface area (Å²) in [5, 5.41) is 10.9. The molecule has 1 heterocycles. The molecule has 3 heteroatoms. The molecule has 0 spiro atoms. The molecule has 2 aromatic rings. The quantitative estimate of drug-likeness (QED) is 0.802. The summed E-state index contributed by atoms with van der Waals surface area (Å²) in [6.07, 6.45) is 0.864. The van der Waals surface area contributed by atoms with Gasteiger partial charge < -0.3 is 15.0 Å². The fourth-order valence-electron chi connectivity index (χ4n) is 1.77. The van der Waals surface area contributed by atoms with E-state index in [1.54, 1.807) is 0 Å². The van der Waals surface area contributed by atoms with Gasteiger partial charge in [-0.2, -0.15) is 0 Å². The van der Waals surface area contributed by atoms with Crippen LogP contribution in [-0.4, -0.2) is 35.6 Å². The highest BCUT2D eigenvalue weighted by Crippen LogP contribution is 2.27. The number of para-hydroxylation sites is 1. The number of likely N-dealkylation sites (N-methyl/N-ethyl adjacent to an activating group) is 1. The van der Waals surface area contributed by atoms with Crippen molar-refractivity contribution < 1.29 is 5.11 Å². The first-order chi connectivity index (χ1) is 7.18. The minimum Gasteiger partial charge on any atom is -0.494 e. The Morgan fingerprint density at radius 1 is 1.27 bits per heavy atom. The van der Waals surface area contributed by atoms with E-state index in [1.165, 1.54) is 0 Å². The molecule has 1 aromatic heterocycles. The monoisotopic (exact) mass is 204 g/mol. The van der Waals surface area contributed by atoms with Crippen LogP contribution in [0.5, 0.6) is 5.88 Å². The molecule has 0 saturated carbocycles. The Morgan fingerprint density at radius 3 is 2.73 bits per heavy atom. The van der Waals surface area contributed by atoms with E-state index in [4.69, 9.17) is 0 Å². The highest BCUT2D eigenvalue weighted by atomic mass is 16.3. The minimum atomic E-state index is 0.304. The summed E-state index contributed by atoms with van der Waals surface area (Å²) >= 11 is 0. The molecule has 0 amide bonds. The fraction of sp³-hybridized carbons (Fsp3) is 0.333. The van der Waals surface area contributed by atoms with Gasteiger partial charge in [-0.05, 0) is 26.6 Å². The maximum absolute atomic E-state index is 9.77. The molecule has 0 bridgehead atoms. The lowest BCUT2D eigenvalue weighted by atomic mass is 10.1. The second-order valence-electron chi connectivity index (χ2n) is 4.05. The van der Waals surface area contributed by atoms with E-state index in [2.05, 4.69) is 9.88 Å². The maximum Gasteiger partial charge on any atom is 0.192 e. The molecular formula is C12H16N2O. The van der Waals surface area contributed by atoms with Crippen LogP contribution in [0.1, 0.15) is 5.56 Å². The van der Waals surface area contributed by atoms with E-state index >= 15 is 0 Å². The summed E-state index contributed by atoms with van der Waals surface area (Å²) in [5.74, 6) is 0.304. The van der Waals surface area contributed by atoms with Crippen LogP contribution in [0.25, 0.3) is 10.9 Å². The van der Waals surface area contributed by atoms with Crippen molar-refractivity contribution in [1.82, 2.24) is 9.88 Å². The third-order valence-corrected chi connectivity index (χ3v) is 2.60. The number of rotatable bonds is 3. The van der Waals surface area contributed by atoms with E-state index in [1.807, 2.05) is 38.4 Å². The number of fused-ring (bicyclic) bond motifs is 1. The standard InChI is InChI=1S/C12H16N2O/c1-14(2)8-7-10-9-5-3-4-6-11(9)13-12(10)15/h3-6,13,15H,7-8H2,1-2H3. The van der Waals surface area contributed by atoms with Crippen LogP contribution in [0.2, 0.25) is 0 Å². The third-order valence-electron chi connectivity index (χ3n) is 2.60. The number of benzene rings is 1. The van der Waals surface area contributed by atoms with Gasteiger partial charge in [-0.1, -0.05) is 18.2 Å². The number of H-pyrrole nitrogens is 1. The van der Waals surface area contributed by atoms with E-state index in [0.717, 1.165) is 29.4 Å². The van der Waals surface area contributed by atoms with E-state index in [-0.39, 0.29) is 0 Å². The molecule has 0 aliphatic carbocycles. The van der Waals surface area contributed by atoms with Crippen molar-refractivity contribution in [1.29, 1.82) is 0 Å². The van der Waals surface area contributed by atoms with E-state index < -0.39 is 0 Å². The molecule has 3 nitrogen and oxygen atoms in total. The molecule has 0 aliphatic rings. The first-order valence-electron chi connectivity index (χ1n) is 5.12. The van der Waals surface area contributed by atoms with E-state index in [9.17, 15) is 5.11 Å². The van der Waals surface area contributed by atoms with Gasteiger partial charge in [0, 0.05) is 23.0 Å². The Morgan fingerprint density at radius 2 is 2.00 bits per heavy atom. The molecule has 0 aliphatic heterocycles. The molecule has 2 N–H and O–H groups in total. The number of hydrogen-bond donors (Lipinski definition) is 2. The predicted molar refractivity (Wildman–Crippen MR) is 62.2 cm³/mol. The van der Waals surface area contributed by atoms with Crippen LogP contribution in [0.3, 0.4) is 0 Å². The Hall–Kier alpha value is -1.48. The molecule has 2 rings (SSSR count). The molecule has 0 unspecified atom stereocenters. The number of nitrogens with zero attached hydrogens (tertiary/aromatic N) is 1. The van der Waals surface area contributed by atoms with Crippen molar-refractivity contribution in [2.45, 2.75) is 6.42 Å². The largest absolute Gasteiger partial charge is 0.494 e. The van der Waals surface area contributed by atoms with Gasteiger partial charge in [0.05, 0.1) is 0 Å². The van der Waals surface area contributed by atoms with Crippen LogP contribution in [0.15, 0.2) is 24.3 Å². The van der Waals surface area contributed by atoms with Gasteiger partial charge in [0.1, 0.15) is 0 Å². The van der Waals surface area contributed by atoms with Gasteiger partial charge in [0.15, 0.2) is 5.88 Å². The zero-order valence-corrected chi connectivity index (χ0v) is 9.12. The summed E-state index contributed by atoms with van der Waals surface area (Å²) in [5.41, 5.74) is 2.02. The molecule has 0 atom stereocenters. The maximum atomic E-state index is 9.77. The van der Waals surface area contributed by atoms with Gasteiger partial charge in [0.2, 0.25) is 0 Å². The lowest BCUT2D eigenvalue weighted by Gasteiger charge is -2.08. The SMILES string of the molecule is CN(C)CCc1c(O)[nH]c2ccccc12. The van der Waals surface area contributed by atoms with Crippen LogP contribution >= 0.6 is 0 Å². The summed E-state index contributed by atoms with van der Waals surface area (Å²) in [6, 6.07) is 7.98. The van der Waals surface area contributed by atoms with Crippen LogP contribution in [0.4, 0.5) is 0 Å². The Labute approximate surface area is 89.3 Å².